The largest absolute Gasteiger partial charge is 0.497 e. The van der Waals surface area contributed by atoms with Crippen LogP contribution in [0.3, 0.4) is 0 Å². The molecule has 2 aromatic carbocycles. The van der Waals surface area contributed by atoms with E-state index in [1.165, 1.54) is 18.2 Å². The summed E-state index contributed by atoms with van der Waals surface area (Å²) >= 11 is 0. The number of rotatable bonds is 7. The third-order valence-corrected chi connectivity index (χ3v) is 5.41. The van der Waals surface area contributed by atoms with E-state index < -0.39 is 21.5 Å². The number of hydrogen-bond acceptors (Lipinski definition) is 5. The highest BCUT2D eigenvalue weighted by atomic mass is 32.2. The first-order valence-electron chi connectivity index (χ1n) is 8.88. The van der Waals surface area contributed by atoms with Gasteiger partial charge in [0.15, 0.2) is 0 Å². The molecule has 1 amide bonds. The molecule has 2 aromatic rings. The third kappa shape index (κ3) is 6.92. The molecule has 0 fully saturated rings. The van der Waals surface area contributed by atoms with Crippen molar-refractivity contribution < 1.29 is 22.7 Å². The van der Waals surface area contributed by atoms with Crippen LogP contribution < -0.4 is 19.5 Å². The van der Waals surface area contributed by atoms with Gasteiger partial charge in [0.05, 0.1) is 19.1 Å². The van der Waals surface area contributed by atoms with Crippen molar-refractivity contribution in [2.45, 2.75) is 31.2 Å². The van der Waals surface area contributed by atoms with Crippen molar-refractivity contribution in [3.8, 4) is 11.5 Å². The van der Waals surface area contributed by atoms with Crippen LogP contribution in [0.15, 0.2) is 53.4 Å². The molecule has 2 rings (SSSR count). The average molecular weight is 419 g/mol. The first-order valence-corrected chi connectivity index (χ1v) is 10.4. The van der Waals surface area contributed by atoms with Gasteiger partial charge in [-0.25, -0.2) is 13.1 Å². The predicted octanol–water partition coefficient (Wildman–Crippen LogP) is 3.43. The fraction of sp³-hybridized carbons (Fsp3) is 0.286. The van der Waals surface area contributed by atoms with E-state index in [1.807, 2.05) is 0 Å². The second-order valence-electron chi connectivity index (χ2n) is 7.35. The maximum Gasteiger partial charge on any atom is 0.248 e. The average Bonchev–Trinajstić information content (AvgIpc) is 2.64. The Kier molecular flexibility index (Phi) is 7.05. The molecular formula is C21H26N2O5S. The molecule has 0 aromatic heterocycles. The molecule has 0 aliphatic carbocycles. The van der Waals surface area contributed by atoms with Crippen LogP contribution in [0.4, 0.5) is 5.69 Å². The second-order valence-corrected chi connectivity index (χ2v) is 9.03. The molecule has 0 radical (unpaired) electrons. The van der Waals surface area contributed by atoms with Gasteiger partial charge in [-0.3, -0.25) is 4.79 Å². The molecule has 0 saturated carbocycles. The van der Waals surface area contributed by atoms with Crippen LogP contribution in [-0.4, -0.2) is 34.1 Å². The number of sulfonamides is 1. The Hall–Kier alpha value is -2.84. The summed E-state index contributed by atoms with van der Waals surface area (Å²) in [5.41, 5.74) is 0.486. The summed E-state index contributed by atoms with van der Waals surface area (Å²) in [5, 5.41) is 2.66. The summed E-state index contributed by atoms with van der Waals surface area (Å²) in [4.78, 5) is 12.3. The number of hydrogen-bond donors (Lipinski definition) is 2. The number of carbonyl (C=O) groups excluding carboxylic acids is 1. The summed E-state index contributed by atoms with van der Waals surface area (Å²) in [6.07, 6.45) is 2.96. The van der Waals surface area contributed by atoms with Crippen molar-refractivity contribution in [1.29, 1.82) is 0 Å². The Morgan fingerprint density at radius 3 is 2.17 bits per heavy atom. The van der Waals surface area contributed by atoms with Crippen molar-refractivity contribution in [2.24, 2.45) is 0 Å². The zero-order valence-electron chi connectivity index (χ0n) is 17.1. The summed E-state index contributed by atoms with van der Waals surface area (Å²) in [6, 6.07) is 11.3. The summed E-state index contributed by atoms with van der Waals surface area (Å²) in [6.45, 7) is 5.28. The summed E-state index contributed by atoms with van der Waals surface area (Å²) in [5.74, 6) is 0.812. The lowest BCUT2D eigenvalue weighted by Gasteiger charge is -2.20. The lowest BCUT2D eigenvalue weighted by atomic mass is 10.1. The van der Waals surface area contributed by atoms with E-state index in [0.717, 1.165) is 5.56 Å². The molecule has 29 heavy (non-hydrogen) atoms. The smallest absolute Gasteiger partial charge is 0.248 e. The molecule has 0 spiro atoms. The van der Waals surface area contributed by atoms with Gasteiger partial charge in [0.2, 0.25) is 15.9 Å². The molecule has 0 atom stereocenters. The molecule has 8 heteroatoms. The van der Waals surface area contributed by atoms with Gasteiger partial charge in [-0.2, -0.15) is 0 Å². The standard InChI is InChI=1S/C21H26N2O5S/c1-21(2,3)23-29(25,26)19-8-6-7-16(13-19)22-20(24)10-9-15-11-17(27-4)14-18(12-15)28-5/h6-14,23H,1-5H3,(H,22,24)/b10-9+. The molecular weight excluding hydrogens is 392 g/mol. The van der Waals surface area contributed by atoms with E-state index in [9.17, 15) is 13.2 Å². The van der Waals surface area contributed by atoms with Gasteiger partial charge >= 0.3 is 0 Å². The third-order valence-electron chi connectivity index (χ3n) is 3.65. The molecule has 156 valence electrons. The molecule has 0 aliphatic rings. The van der Waals surface area contributed by atoms with Crippen LogP contribution in [0.1, 0.15) is 26.3 Å². The van der Waals surface area contributed by atoms with Crippen molar-refractivity contribution in [3.63, 3.8) is 0 Å². The van der Waals surface area contributed by atoms with Crippen LogP contribution in [0.5, 0.6) is 11.5 Å². The first kappa shape index (κ1) is 22.4. The van der Waals surface area contributed by atoms with Gasteiger partial charge in [0.1, 0.15) is 11.5 Å². The Morgan fingerprint density at radius 2 is 1.62 bits per heavy atom. The zero-order chi connectivity index (χ0) is 21.7. The molecule has 2 N–H and O–H groups in total. The highest BCUT2D eigenvalue weighted by Gasteiger charge is 2.22. The van der Waals surface area contributed by atoms with E-state index in [2.05, 4.69) is 10.0 Å². The highest BCUT2D eigenvalue weighted by molar-refractivity contribution is 7.89. The fourth-order valence-corrected chi connectivity index (χ4v) is 3.95. The number of ether oxygens (including phenoxy) is 2. The summed E-state index contributed by atoms with van der Waals surface area (Å²) < 4.78 is 37.9. The van der Waals surface area contributed by atoms with Crippen LogP contribution in [-0.2, 0) is 14.8 Å². The molecule has 0 bridgehead atoms. The van der Waals surface area contributed by atoms with E-state index >= 15 is 0 Å². The SMILES string of the molecule is COc1cc(/C=C/C(=O)Nc2cccc(S(=O)(=O)NC(C)(C)C)c2)cc(OC)c1. The van der Waals surface area contributed by atoms with Crippen molar-refractivity contribution in [1.82, 2.24) is 4.72 Å². The molecule has 0 aliphatic heterocycles. The zero-order valence-corrected chi connectivity index (χ0v) is 18.0. The van der Waals surface area contributed by atoms with Crippen LogP contribution >= 0.6 is 0 Å². The maximum atomic E-state index is 12.5. The molecule has 0 heterocycles. The minimum absolute atomic E-state index is 0.0757. The minimum Gasteiger partial charge on any atom is -0.497 e. The van der Waals surface area contributed by atoms with Gasteiger partial charge in [0, 0.05) is 23.4 Å². The normalized spacial score (nSPS) is 12.0. The topological polar surface area (TPSA) is 93.7 Å². The van der Waals surface area contributed by atoms with E-state index in [1.54, 1.807) is 71.4 Å². The Bertz CT molecular complexity index is 986. The van der Waals surface area contributed by atoms with Gasteiger partial charge < -0.3 is 14.8 Å². The number of nitrogens with one attached hydrogen (secondary N) is 2. The van der Waals surface area contributed by atoms with Crippen molar-refractivity contribution in [3.05, 3.63) is 54.1 Å². The molecule has 0 unspecified atom stereocenters. The Balaban J connectivity index is 2.15. The second kappa shape index (κ2) is 9.11. The molecule has 7 nitrogen and oxygen atoms in total. The number of methoxy groups -OCH3 is 2. The number of amides is 1. The molecule has 0 saturated heterocycles. The lowest BCUT2D eigenvalue weighted by molar-refractivity contribution is -0.111. The van der Waals surface area contributed by atoms with Crippen LogP contribution in [0.25, 0.3) is 6.08 Å². The number of carbonyl (C=O) groups is 1. The lowest BCUT2D eigenvalue weighted by Crippen LogP contribution is -2.40. The van der Waals surface area contributed by atoms with E-state index in [4.69, 9.17) is 9.47 Å². The van der Waals surface area contributed by atoms with Crippen LogP contribution in [0, 0.1) is 0 Å². The predicted molar refractivity (Wildman–Crippen MR) is 114 cm³/mol. The van der Waals surface area contributed by atoms with E-state index in [0.29, 0.717) is 17.2 Å². The van der Waals surface area contributed by atoms with Gasteiger partial charge in [-0.1, -0.05) is 6.07 Å². The monoisotopic (exact) mass is 418 g/mol. The number of benzene rings is 2. The highest BCUT2D eigenvalue weighted by Crippen LogP contribution is 2.23. The fourth-order valence-electron chi connectivity index (χ4n) is 2.48. The minimum atomic E-state index is -3.69. The van der Waals surface area contributed by atoms with Crippen molar-refractivity contribution in [2.75, 3.05) is 19.5 Å². The number of anilines is 1. The van der Waals surface area contributed by atoms with Crippen molar-refractivity contribution >= 4 is 27.7 Å². The Labute approximate surface area is 171 Å². The van der Waals surface area contributed by atoms with Gasteiger partial charge in [-0.15, -0.1) is 0 Å². The Morgan fingerprint density at radius 1 is 1.00 bits per heavy atom. The van der Waals surface area contributed by atoms with Crippen LogP contribution in [0.2, 0.25) is 0 Å². The quantitative estimate of drug-likeness (QED) is 0.672. The van der Waals surface area contributed by atoms with E-state index in [-0.39, 0.29) is 4.90 Å². The van der Waals surface area contributed by atoms with Gasteiger partial charge in [0.25, 0.3) is 0 Å². The summed E-state index contributed by atoms with van der Waals surface area (Å²) in [7, 11) is -0.602. The van der Waals surface area contributed by atoms with Gasteiger partial charge in [-0.05, 0) is 62.7 Å². The maximum absolute atomic E-state index is 12.5. The first-order chi connectivity index (χ1) is 13.5.